The molecule has 3 aromatic carbocycles. The molecule has 1 fully saturated rings. The van der Waals surface area contributed by atoms with E-state index in [4.69, 9.17) is 21.3 Å². The number of rotatable bonds is 11. The lowest BCUT2D eigenvalue weighted by atomic mass is 9.70. The van der Waals surface area contributed by atoms with Gasteiger partial charge in [0, 0.05) is 29.1 Å². The van der Waals surface area contributed by atoms with Crippen LogP contribution in [0.5, 0.6) is 0 Å². The highest BCUT2D eigenvalue weighted by Gasteiger charge is 2.55. The molecular weight excluding hydrogens is 562 g/mol. The van der Waals surface area contributed by atoms with E-state index in [9.17, 15) is 4.79 Å². The van der Waals surface area contributed by atoms with Crippen molar-refractivity contribution in [3.05, 3.63) is 107 Å². The predicted molar refractivity (Wildman–Crippen MR) is 175 cm³/mol. The zero-order chi connectivity index (χ0) is 29.5. The zero-order valence-electron chi connectivity index (χ0n) is 24.9. The lowest BCUT2D eigenvalue weighted by Crippen LogP contribution is -2.57. The standard InChI is InChI=1S/C35H42ClN3O2S/c1-38(2)32(29-18-20-31(36)21-19-29)28-14-16-30(17-15-28)33-35(34(40)41-3,24-42-23-27-12-8-5-9-13-27)37-25-39(33)22-26-10-6-4-7-11-26/h4-13,18-21,25,28,30,32-33H,14-17,22-24H2,1-3H3. The number of thioether (sulfide) groups is 1. The van der Waals surface area contributed by atoms with Crippen molar-refractivity contribution in [1.29, 1.82) is 0 Å². The lowest BCUT2D eigenvalue weighted by molar-refractivity contribution is -0.148. The predicted octanol–water partition coefficient (Wildman–Crippen LogP) is 7.51. The largest absolute Gasteiger partial charge is 0.467 e. The summed E-state index contributed by atoms with van der Waals surface area (Å²) in [4.78, 5) is 23.4. The summed E-state index contributed by atoms with van der Waals surface area (Å²) in [5.41, 5.74) is 2.84. The molecule has 3 unspecified atom stereocenters. The molecule has 1 aliphatic heterocycles. The molecule has 0 aromatic heterocycles. The van der Waals surface area contributed by atoms with Gasteiger partial charge in [-0.1, -0.05) is 84.4 Å². The minimum atomic E-state index is -0.933. The van der Waals surface area contributed by atoms with Crippen LogP contribution in [0.25, 0.3) is 0 Å². The molecule has 5 rings (SSSR count). The van der Waals surface area contributed by atoms with E-state index in [0.717, 1.165) is 43.0 Å². The number of carbonyl (C=O) groups excluding carboxylic acids is 1. The second kappa shape index (κ2) is 14.1. The molecule has 0 bridgehead atoms. The minimum Gasteiger partial charge on any atom is -0.467 e. The van der Waals surface area contributed by atoms with Crippen LogP contribution in [0.2, 0.25) is 5.02 Å². The monoisotopic (exact) mass is 603 g/mol. The van der Waals surface area contributed by atoms with Crippen molar-refractivity contribution in [2.75, 3.05) is 27.0 Å². The van der Waals surface area contributed by atoms with Crippen molar-refractivity contribution in [3.8, 4) is 0 Å². The number of hydrogen-bond donors (Lipinski definition) is 0. The molecule has 1 saturated carbocycles. The van der Waals surface area contributed by atoms with Gasteiger partial charge in [0.1, 0.15) is 0 Å². The number of halogens is 1. The second-order valence-corrected chi connectivity index (χ2v) is 13.3. The summed E-state index contributed by atoms with van der Waals surface area (Å²) >= 11 is 7.98. The quantitative estimate of drug-likeness (QED) is 0.212. The Labute approximate surface area is 260 Å². The third-order valence-corrected chi connectivity index (χ3v) is 10.4. The zero-order valence-corrected chi connectivity index (χ0v) is 26.4. The van der Waals surface area contributed by atoms with Crippen LogP contribution in [0.4, 0.5) is 0 Å². The van der Waals surface area contributed by atoms with Gasteiger partial charge in [0.25, 0.3) is 0 Å². The second-order valence-electron chi connectivity index (χ2n) is 11.9. The fourth-order valence-electron chi connectivity index (χ4n) is 7.05. The Morgan fingerprint density at radius 1 is 0.976 bits per heavy atom. The fourth-order valence-corrected chi connectivity index (χ4v) is 8.38. The van der Waals surface area contributed by atoms with Crippen molar-refractivity contribution in [3.63, 3.8) is 0 Å². The molecule has 7 heteroatoms. The molecule has 5 nitrogen and oxygen atoms in total. The Morgan fingerprint density at radius 2 is 1.60 bits per heavy atom. The number of carbonyl (C=O) groups is 1. The molecule has 1 heterocycles. The first kappa shape index (κ1) is 30.7. The molecule has 0 radical (unpaired) electrons. The molecule has 3 atom stereocenters. The average Bonchev–Trinajstić information content (AvgIpc) is 3.37. The molecule has 0 saturated heterocycles. The fraction of sp³-hybridized carbons (Fsp3) is 0.429. The van der Waals surface area contributed by atoms with Crippen molar-refractivity contribution >= 4 is 35.7 Å². The summed E-state index contributed by atoms with van der Waals surface area (Å²) < 4.78 is 5.51. The van der Waals surface area contributed by atoms with Gasteiger partial charge in [-0.05, 0) is 80.4 Å². The maximum Gasteiger partial charge on any atom is 0.336 e. The van der Waals surface area contributed by atoms with Gasteiger partial charge in [-0.15, -0.1) is 0 Å². The molecule has 0 amide bonds. The van der Waals surface area contributed by atoms with E-state index < -0.39 is 5.54 Å². The molecular formula is C35H42ClN3O2S. The van der Waals surface area contributed by atoms with Crippen molar-refractivity contribution in [2.45, 2.75) is 55.6 Å². The Bertz CT molecular complexity index is 1310. The number of benzene rings is 3. The smallest absolute Gasteiger partial charge is 0.336 e. The lowest BCUT2D eigenvalue weighted by Gasteiger charge is -2.44. The van der Waals surface area contributed by atoms with E-state index in [2.05, 4.69) is 84.6 Å². The molecule has 0 N–H and O–H groups in total. The van der Waals surface area contributed by atoms with Crippen LogP contribution in [-0.4, -0.2) is 60.6 Å². The highest BCUT2D eigenvalue weighted by Crippen LogP contribution is 2.46. The highest BCUT2D eigenvalue weighted by atomic mass is 35.5. The van der Waals surface area contributed by atoms with Crippen LogP contribution in [-0.2, 0) is 21.8 Å². The van der Waals surface area contributed by atoms with E-state index in [1.54, 1.807) is 11.8 Å². The summed E-state index contributed by atoms with van der Waals surface area (Å²) in [5, 5.41) is 0.768. The van der Waals surface area contributed by atoms with Gasteiger partial charge >= 0.3 is 5.97 Å². The van der Waals surface area contributed by atoms with Crippen LogP contribution >= 0.6 is 23.4 Å². The van der Waals surface area contributed by atoms with Crippen LogP contribution in [0.3, 0.4) is 0 Å². The van der Waals surface area contributed by atoms with Crippen LogP contribution < -0.4 is 0 Å². The summed E-state index contributed by atoms with van der Waals surface area (Å²) in [6.07, 6.45) is 6.22. The Morgan fingerprint density at radius 3 is 2.19 bits per heavy atom. The van der Waals surface area contributed by atoms with Gasteiger partial charge < -0.3 is 14.5 Å². The Kier molecular flexibility index (Phi) is 10.3. The average molecular weight is 604 g/mol. The van der Waals surface area contributed by atoms with Gasteiger partial charge in [-0.2, -0.15) is 11.8 Å². The number of aliphatic imine (C=N–C) groups is 1. The first-order valence-corrected chi connectivity index (χ1v) is 16.4. The summed E-state index contributed by atoms with van der Waals surface area (Å²) in [5.74, 6) is 2.05. The first-order chi connectivity index (χ1) is 20.4. The summed E-state index contributed by atoms with van der Waals surface area (Å²) in [6.45, 7) is 0.724. The van der Waals surface area contributed by atoms with Gasteiger partial charge in [-0.25, -0.2) is 4.79 Å². The first-order valence-electron chi connectivity index (χ1n) is 14.9. The Balaban J connectivity index is 1.38. The summed E-state index contributed by atoms with van der Waals surface area (Å²) in [6, 6.07) is 29.5. The molecule has 1 aliphatic carbocycles. The molecule has 2 aliphatic rings. The molecule has 3 aromatic rings. The van der Waals surface area contributed by atoms with Crippen LogP contribution in [0.15, 0.2) is 89.9 Å². The molecule has 222 valence electrons. The number of esters is 1. The maximum absolute atomic E-state index is 13.7. The van der Waals surface area contributed by atoms with E-state index in [1.807, 2.05) is 30.6 Å². The van der Waals surface area contributed by atoms with Crippen molar-refractivity contribution in [1.82, 2.24) is 9.80 Å². The normalized spacial score (nSPS) is 24.6. The topological polar surface area (TPSA) is 45.1 Å². The Hall–Kier alpha value is -2.80. The van der Waals surface area contributed by atoms with E-state index >= 15 is 0 Å². The van der Waals surface area contributed by atoms with Gasteiger partial charge in [0.15, 0.2) is 5.54 Å². The number of nitrogens with zero attached hydrogens (tertiary/aromatic N) is 3. The van der Waals surface area contributed by atoms with Crippen molar-refractivity contribution < 1.29 is 9.53 Å². The minimum absolute atomic E-state index is 0.0530. The van der Waals surface area contributed by atoms with Gasteiger partial charge in [-0.3, -0.25) is 4.99 Å². The number of hydrogen-bond acceptors (Lipinski definition) is 6. The number of methoxy groups -OCH3 is 1. The highest BCUT2D eigenvalue weighted by molar-refractivity contribution is 7.98. The van der Waals surface area contributed by atoms with Gasteiger partial charge in [0.2, 0.25) is 0 Å². The molecule has 0 spiro atoms. The van der Waals surface area contributed by atoms with Gasteiger partial charge in [0.05, 0.1) is 19.5 Å². The van der Waals surface area contributed by atoms with Crippen molar-refractivity contribution in [2.24, 2.45) is 16.8 Å². The molecule has 42 heavy (non-hydrogen) atoms. The maximum atomic E-state index is 13.7. The SMILES string of the molecule is COC(=O)C1(CSCc2ccccc2)N=CN(Cc2ccccc2)C1C1CCC(C(c2ccc(Cl)cc2)N(C)C)CC1. The van der Waals surface area contributed by atoms with Crippen LogP contribution in [0, 0.1) is 11.8 Å². The van der Waals surface area contributed by atoms with E-state index in [-0.39, 0.29) is 12.0 Å². The van der Waals surface area contributed by atoms with E-state index in [1.165, 1.54) is 23.8 Å². The third kappa shape index (κ3) is 6.88. The third-order valence-electron chi connectivity index (χ3n) is 8.94. The number of ether oxygens (including phenoxy) is 1. The van der Waals surface area contributed by atoms with E-state index in [0.29, 0.717) is 23.6 Å². The van der Waals surface area contributed by atoms with Crippen LogP contribution in [0.1, 0.15) is 48.4 Å². The summed E-state index contributed by atoms with van der Waals surface area (Å²) in [7, 11) is 5.84.